The largest absolute Gasteiger partial charge is 0.275 e. The second kappa shape index (κ2) is 5.09. The minimum absolute atomic E-state index is 0.0426. The average molecular weight is 302 g/mol. The summed E-state index contributed by atoms with van der Waals surface area (Å²) in [5.41, 5.74) is 0. The fourth-order valence-electron chi connectivity index (χ4n) is 1.27. The molecule has 2 rings (SSSR count). The lowest BCUT2D eigenvalue weighted by molar-refractivity contribution is 0.0985. The van der Waals surface area contributed by atoms with E-state index in [2.05, 4.69) is 0 Å². The van der Waals surface area contributed by atoms with Gasteiger partial charge in [0.2, 0.25) is 0 Å². The standard InChI is InChI=1S/C11H8ClNO3S2/c12-10-7-6-9(17-10)11(14)13-18(15,16)8-4-2-1-3-5-8/h1-7H,(H,13,14). The van der Waals surface area contributed by atoms with Crippen LogP contribution >= 0.6 is 22.9 Å². The van der Waals surface area contributed by atoms with Gasteiger partial charge in [0.1, 0.15) is 0 Å². The maximum Gasteiger partial charge on any atom is 0.275 e. The van der Waals surface area contributed by atoms with Gasteiger partial charge in [-0.1, -0.05) is 29.8 Å². The third-order valence-corrected chi connectivity index (χ3v) is 4.65. The van der Waals surface area contributed by atoms with Gasteiger partial charge in [-0.3, -0.25) is 4.79 Å². The molecule has 94 valence electrons. The van der Waals surface area contributed by atoms with Crippen molar-refractivity contribution in [2.24, 2.45) is 0 Å². The topological polar surface area (TPSA) is 63.2 Å². The molecule has 0 saturated heterocycles. The zero-order valence-electron chi connectivity index (χ0n) is 8.96. The summed E-state index contributed by atoms with van der Waals surface area (Å²) in [7, 11) is -3.83. The van der Waals surface area contributed by atoms with Gasteiger partial charge in [0.25, 0.3) is 15.9 Å². The Morgan fingerprint density at radius 1 is 1.11 bits per heavy atom. The number of thiophene rings is 1. The summed E-state index contributed by atoms with van der Waals surface area (Å²) in [5, 5.41) is 0. The molecular formula is C11H8ClNO3S2. The molecule has 0 atom stereocenters. The van der Waals surface area contributed by atoms with Crippen molar-refractivity contribution in [3.8, 4) is 0 Å². The van der Waals surface area contributed by atoms with Crippen LogP contribution in [0.5, 0.6) is 0 Å². The van der Waals surface area contributed by atoms with Crippen LogP contribution in [0.25, 0.3) is 0 Å². The first-order valence-corrected chi connectivity index (χ1v) is 7.54. The highest BCUT2D eigenvalue weighted by Gasteiger charge is 2.19. The summed E-state index contributed by atoms with van der Waals surface area (Å²) in [6.45, 7) is 0. The molecule has 0 aliphatic carbocycles. The first-order chi connectivity index (χ1) is 8.49. The molecule has 7 heteroatoms. The number of nitrogens with one attached hydrogen (secondary N) is 1. The van der Waals surface area contributed by atoms with E-state index in [1.165, 1.54) is 24.3 Å². The first kappa shape index (κ1) is 13.1. The van der Waals surface area contributed by atoms with E-state index in [0.29, 0.717) is 4.34 Å². The Morgan fingerprint density at radius 2 is 1.78 bits per heavy atom. The number of benzene rings is 1. The molecule has 1 N–H and O–H groups in total. The molecule has 1 heterocycles. The molecule has 0 bridgehead atoms. The Bertz CT molecular complexity index is 665. The maximum atomic E-state index is 11.9. The van der Waals surface area contributed by atoms with Crippen molar-refractivity contribution in [1.29, 1.82) is 0 Å². The van der Waals surface area contributed by atoms with E-state index in [-0.39, 0.29) is 9.77 Å². The predicted molar refractivity (Wildman–Crippen MR) is 70.4 cm³/mol. The summed E-state index contributed by atoms with van der Waals surface area (Å²) >= 11 is 6.70. The highest BCUT2D eigenvalue weighted by Crippen LogP contribution is 2.21. The molecule has 2 aromatic rings. The van der Waals surface area contributed by atoms with Crippen molar-refractivity contribution >= 4 is 38.9 Å². The van der Waals surface area contributed by atoms with Gasteiger partial charge in [0.15, 0.2) is 0 Å². The van der Waals surface area contributed by atoms with Gasteiger partial charge < -0.3 is 0 Å². The quantitative estimate of drug-likeness (QED) is 0.947. The molecular weight excluding hydrogens is 294 g/mol. The molecule has 0 saturated carbocycles. The minimum atomic E-state index is -3.83. The molecule has 1 amide bonds. The smallest absolute Gasteiger partial charge is 0.267 e. The Morgan fingerprint density at radius 3 is 2.33 bits per heavy atom. The van der Waals surface area contributed by atoms with Crippen LogP contribution in [0.2, 0.25) is 4.34 Å². The number of rotatable bonds is 3. The number of halogens is 1. The van der Waals surface area contributed by atoms with Crippen LogP contribution in [0.1, 0.15) is 9.67 Å². The Balaban J connectivity index is 2.22. The molecule has 0 fully saturated rings. The fraction of sp³-hybridized carbons (Fsp3) is 0. The summed E-state index contributed by atoms with van der Waals surface area (Å²) in [5.74, 6) is -0.684. The normalized spacial score (nSPS) is 11.2. The van der Waals surface area contributed by atoms with Crippen LogP contribution in [0.3, 0.4) is 0 Å². The average Bonchev–Trinajstić information content (AvgIpc) is 2.77. The number of carbonyl (C=O) groups is 1. The van der Waals surface area contributed by atoms with E-state index in [4.69, 9.17) is 11.6 Å². The molecule has 0 aliphatic rings. The zero-order valence-corrected chi connectivity index (χ0v) is 11.3. The van der Waals surface area contributed by atoms with Crippen molar-refractivity contribution in [3.05, 3.63) is 51.7 Å². The molecule has 0 radical (unpaired) electrons. The lowest BCUT2D eigenvalue weighted by Gasteiger charge is -2.05. The van der Waals surface area contributed by atoms with Crippen LogP contribution in [0.4, 0.5) is 0 Å². The first-order valence-electron chi connectivity index (χ1n) is 4.86. The zero-order chi connectivity index (χ0) is 13.2. The second-order valence-electron chi connectivity index (χ2n) is 3.35. The van der Waals surface area contributed by atoms with Crippen LogP contribution in [0.15, 0.2) is 47.4 Å². The van der Waals surface area contributed by atoms with Crippen molar-refractivity contribution in [3.63, 3.8) is 0 Å². The van der Waals surface area contributed by atoms with Gasteiger partial charge in [0, 0.05) is 0 Å². The summed E-state index contributed by atoms with van der Waals surface area (Å²) in [4.78, 5) is 12.0. The Labute approximate surface area is 113 Å². The van der Waals surface area contributed by atoms with E-state index in [9.17, 15) is 13.2 Å². The van der Waals surface area contributed by atoms with Crippen LogP contribution in [-0.4, -0.2) is 14.3 Å². The van der Waals surface area contributed by atoms with E-state index in [1.807, 2.05) is 4.72 Å². The number of hydrogen-bond acceptors (Lipinski definition) is 4. The SMILES string of the molecule is O=C(NS(=O)(=O)c1ccccc1)c1ccc(Cl)s1. The summed E-state index contributed by atoms with van der Waals surface area (Å²) in [6, 6.07) is 10.7. The lowest BCUT2D eigenvalue weighted by Crippen LogP contribution is -2.29. The highest BCUT2D eigenvalue weighted by molar-refractivity contribution is 7.90. The van der Waals surface area contributed by atoms with Crippen LogP contribution < -0.4 is 4.72 Å². The van der Waals surface area contributed by atoms with Gasteiger partial charge in [0.05, 0.1) is 14.1 Å². The van der Waals surface area contributed by atoms with Crippen LogP contribution in [-0.2, 0) is 10.0 Å². The van der Waals surface area contributed by atoms with Crippen LogP contribution in [0, 0.1) is 0 Å². The maximum absolute atomic E-state index is 11.9. The third-order valence-electron chi connectivity index (χ3n) is 2.08. The van der Waals surface area contributed by atoms with E-state index in [0.717, 1.165) is 11.3 Å². The van der Waals surface area contributed by atoms with Gasteiger partial charge >= 0.3 is 0 Å². The summed E-state index contributed by atoms with van der Waals surface area (Å²) in [6.07, 6.45) is 0. The van der Waals surface area contributed by atoms with Gasteiger partial charge in [-0.2, -0.15) is 0 Å². The van der Waals surface area contributed by atoms with E-state index in [1.54, 1.807) is 18.2 Å². The molecule has 4 nitrogen and oxygen atoms in total. The molecule has 1 aromatic heterocycles. The van der Waals surface area contributed by atoms with E-state index < -0.39 is 15.9 Å². The monoisotopic (exact) mass is 301 g/mol. The predicted octanol–water partition coefficient (Wildman–Crippen LogP) is 2.52. The second-order valence-corrected chi connectivity index (χ2v) is 6.75. The number of sulfonamides is 1. The molecule has 0 aliphatic heterocycles. The van der Waals surface area contributed by atoms with Gasteiger partial charge in [-0.25, -0.2) is 13.1 Å². The molecule has 18 heavy (non-hydrogen) atoms. The summed E-state index contributed by atoms with van der Waals surface area (Å²) < 4.78 is 26.1. The molecule has 0 unspecified atom stereocenters. The van der Waals surface area contributed by atoms with Gasteiger partial charge in [-0.05, 0) is 24.3 Å². The third kappa shape index (κ3) is 2.90. The fourth-order valence-corrected chi connectivity index (χ4v) is 3.26. The number of hydrogen-bond donors (Lipinski definition) is 1. The van der Waals surface area contributed by atoms with Crippen molar-refractivity contribution in [2.75, 3.05) is 0 Å². The number of amides is 1. The van der Waals surface area contributed by atoms with Crippen molar-refractivity contribution < 1.29 is 13.2 Å². The lowest BCUT2D eigenvalue weighted by atomic mass is 10.4. The Kier molecular flexibility index (Phi) is 3.70. The molecule has 1 aromatic carbocycles. The van der Waals surface area contributed by atoms with E-state index >= 15 is 0 Å². The van der Waals surface area contributed by atoms with Gasteiger partial charge in [-0.15, -0.1) is 11.3 Å². The minimum Gasteiger partial charge on any atom is -0.267 e. The Hall–Kier alpha value is -1.37. The van der Waals surface area contributed by atoms with Crippen molar-refractivity contribution in [1.82, 2.24) is 4.72 Å². The molecule has 0 spiro atoms. The van der Waals surface area contributed by atoms with Crippen molar-refractivity contribution in [2.45, 2.75) is 4.90 Å². The highest BCUT2D eigenvalue weighted by atomic mass is 35.5. The number of carbonyl (C=O) groups excluding carboxylic acids is 1.